The molecule has 0 bridgehead atoms. The number of rotatable bonds is 6. The fraction of sp³-hybridized carbons (Fsp3) is 0.455. The molecule has 0 heterocycles. The molecule has 1 aromatic rings. The van der Waals surface area contributed by atoms with Crippen LogP contribution in [0.15, 0.2) is 26.0 Å². The van der Waals surface area contributed by atoms with Crippen molar-refractivity contribution in [2.24, 2.45) is 0 Å². The third-order valence-corrected chi connectivity index (χ3v) is 5.72. The number of nitrogen functional groups attached to an aromatic ring is 1. The molecule has 4 N–H and O–H groups in total. The molecule has 0 aromatic heterocycles. The van der Waals surface area contributed by atoms with Gasteiger partial charge in [0, 0.05) is 21.2 Å². The Morgan fingerprint density at radius 3 is 2.37 bits per heavy atom. The van der Waals surface area contributed by atoms with Gasteiger partial charge in [-0.1, -0.05) is 0 Å². The van der Waals surface area contributed by atoms with Crippen LogP contribution < -0.4 is 10.5 Å². The fourth-order valence-electron chi connectivity index (χ4n) is 1.51. The van der Waals surface area contributed by atoms with E-state index >= 15 is 0 Å². The van der Waals surface area contributed by atoms with Gasteiger partial charge in [-0.05, 0) is 63.8 Å². The smallest absolute Gasteiger partial charge is 0.242 e. The predicted octanol–water partition coefficient (Wildman–Crippen LogP) is 2.23. The molecule has 1 rings (SSSR count). The van der Waals surface area contributed by atoms with E-state index < -0.39 is 16.1 Å². The Bertz CT molecular complexity index is 524. The van der Waals surface area contributed by atoms with Gasteiger partial charge >= 0.3 is 0 Å². The zero-order chi connectivity index (χ0) is 14.6. The molecular weight excluding hydrogens is 400 g/mol. The van der Waals surface area contributed by atoms with Crippen molar-refractivity contribution in [1.82, 2.24) is 4.72 Å². The molecule has 0 spiro atoms. The predicted molar refractivity (Wildman–Crippen MR) is 82.4 cm³/mol. The second-order valence-corrected chi connectivity index (χ2v) is 7.62. The van der Waals surface area contributed by atoms with E-state index in [0.717, 1.165) is 0 Å². The number of aliphatic hydroxyl groups is 1. The minimum absolute atomic E-state index is 0.124. The van der Waals surface area contributed by atoms with Gasteiger partial charge < -0.3 is 10.8 Å². The summed E-state index contributed by atoms with van der Waals surface area (Å²) in [4.78, 5) is 0.124. The van der Waals surface area contributed by atoms with Gasteiger partial charge in [0.1, 0.15) is 4.90 Å². The minimum Gasteiger partial charge on any atom is -0.399 e. The summed E-state index contributed by atoms with van der Waals surface area (Å²) in [5.41, 5.74) is 6.09. The highest BCUT2D eigenvalue weighted by Crippen LogP contribution is 2.32. The number of benzene rings is 1. The number of hydrogen-bond donors (Lipinski definition) is 3. The lowest BCUT2D eigenvalue weighted by Crippen LogP contribution is -2.26. The van der Waals surface area contributed by atoms with E-state index in [0.29, 0.717) is 27.5 Å². The maximum Gasteiger partial charge on any atom is 0.242 e. The van der Waals surface area contributed by atoms with Crippen LogP contribution in [0.2, 0.25) is 0 Å². The van der Waals surface area contributed by atoms with Crippen LogP contribution in [0.4, 0.5) is 5.69 Å². The third-order valence-electron chi connectivity index (χ3n) is 2.38. The Morgan fingerprint density at radius 1 is 1.37 bits per heavy atom. The van der Waals surface area contributed by atoms with Gasteiger partial charge in [0.15, 0.2) is 0 Å². The quantitative estimate of drug-likeness (QED) is 0.490. The highest BCUT2D eigenvalue weighted by atomic mass is 79.9. The van der Waals surface area contributed by atoms with Crippen LogP contribution in [0.1, 0.15) is 19.8 Å². The van der Waals surface area contributed by atoms with E-state index in [9.17, 15) is 8.42 Å². The zero-order valence-corrected chi connectivity index (χ0v) is 14.3. The normalized spacial score (nSPS) is 13.5. The molecule has 0 saturated heterocycles. The van der Waals surface area contributed by atoms with E-state index in [-0.39, 0.29) is 11.4 Å². The van der Waals surface area contributed by atoms with Gasteiger partial charge in [0.05, 0.1) is 6.10 Å². The van der Waals surface area contributed by atoms with Crippen molar-refractivity contribution in [2.75, 3.05) is 12.3 Å². The van der Waals surface area contributed by atoms with Crippen LogP contribution >= 0.6 is 31.9 Å². The molecule has 1 atom stereocenters. The van der Waals surface area contributed by atoms with Gasteiger partial charge in [-0.15, -0.1) is 0 Å². The van der Waals surface area contributed by atoms with Crippen LogP contribution in [0.5, 0.6) is 0 Å². The molecular formula is C11H16Br2N2O3S. The average Bonchev–Trinajstić information content (AvgIpc) is 2.22. The fourth-order valence-corrected chi connectivity index (χ4v) is 5.20. The number of halogens is 2. The van der Waals surface area contributed by atoms with Gasteiger partial charge in [0.25, 0.3) is 0 Å². The first-order valence-corrected chi connectivity index (χ1v) is 8.73. The Hall–Kier alpha value is -0.150. The van der Waals surface area contributed by atoms with Crippen LogP contribution in [0.3, 0.4) is 0 Å². The van der Waals surface area contributed by atoms with Gasteiger partial charge in [0.2, 0.25) is 10.0 Å². The van der Waals surface area contributed by atoms with Crippen molar-refractivity contribution in [3.05, 3.63) is 21.1 Å². The van der Waals surface area contributed by atoms with E-state index in [2.05, 4.69) is 36.6 Å². The Morgan fingerprint density at radius 2 is 1.89 bits per heavy atom. The number of anilines is 1. The number of sulfonamides is 1. The van der Waals surface area contributed by atoms with Crippen LogP contribution in [-0.2, 0) is 10.0 Å². The number of nitrogens with two attached hydrogens (primary N) is 1. The Kier molecular flexibility index (Phi) is 6.25. The molecule has 0 aliphatic carbocycles. The first kappa shape index (κ1) is 16.9. The minimum atomic E-state index is -3.62. The lowest BCUT2D eigenvalue weighted by molar-refractivity contribution is 0.182. The summed E-state index contributed by atoms with van der Waals surface area (Å²) in [6.07, 6.45) is 0.688. The van der Waals surface area contributed by atoms with Gasteiger partial charge in [-0.3, -0.25) is 0 Å². The molecule has 0 saturated carbocycles. The molecule has 0 amide bonds. The maximum atomic E-state index is 12.2. The van der Waals surface area contributed by atoms with Crippen LogP contribution in [-0.4, -0.2) is 26.2 Å². The summed E-state index contributed by atoms with van der Waals surface area (Å²) in [7, 11) is -3.62. The van der Waals surface area contributed by atoms with Gasteiger partial charge in [-0.25, -0.2) is 13.1 Å². The summed E-state index contributed by atoms with van der Waals surface area (Å²) < 4.78 is 27.6. The van der Waals surface area contributed by atoms with Crippen molar-refractivity contribution in [3.63, 3.8) is 0 Å². The molecule has 5 nitrogen and oxygen atoms in total. The van der Waals surface area contributed by atoms with Gasteiger partial charge in [-0.2, -0.15) is 0 Å². The number of nitrogens with one attached hydrogen (secondary N) is 1. The summed E-state index contributed by atoms with van der Waals surface area (Å²) in [6.45, 7) is 1.94. The summed E-state index contributed by atoms with van der Waals surface area (Å²) >= 11 is 6.39. The van der Waals surface area contributed by atoms with Crippen molar-refractivity contribution >= 4 is 47.6 Å². The van der Waals surface area contributed by atoms with Crippen molar-refractivity contribution in [3.8, 4) is 0 Å². The lowest BCUT2D eigenvalue weighted by Gasteiger charge is -2.11. The molecule has 108 valence electrons. The highest BCUT2D eigenvalue weighted by Gasteiger charge is 2.21. The standard InChI is InChI=1S/C11H16Br2N2O3S/c1-7(16)3-2-4-15-19(17,18)11-9(12)5-8(14)6-10(11)13/h5-7,15-16H,2-4,14H2,1H3. The number of aliphatic hydroxyl groups excluding tert-OH is 1. The molecule has 8 heteroatoms. The van der Waals surface area contributed by atoms with E-state index in [1.807, 2.05) is 0 Å². The monoisotopic (exact) mass is 414 g/mol. The largest absolute Gasteiger partial charge is 0.399 e. The van der Waals surface area contributed by atoms with Crippen LogP contribution in [0.25, 0.3) is 0 Å². The van der Waals surface area contributed by atoms with Crippen molar-refractivity contribution < 1.29 is 13.5 Å². The first-order valence-electron chi connectivity index (χ1n) is 5.66. The first-order chi connectivity index (χ1) is 8.74. The second-order valence-electron chi connectivity index (χ2n) is 4.20. The van der Waals surface area contributed by atoms with E-state index in [4.69, 9.17) is 10.8 Å². The van der Waals surface area contributed by atoms with E-state index in [1.165, 1.54) is 12.1 Å². The molecule has 0 fully saturated rings. The summed E-state index contributed by atoms with van der Waals surface area (Å²) in [5, 5.41) is 9.11. The highest BCUT2D eigenvalue weighted by molar-refractivity contribution is 9.11. The Balaban J connectivity index is 2.84. The van der Waals surface area contributed by atoms with E-state index in [1.54, 1.807) is 6.92 Å². The van der Waals surface area contributed by atoms with Crippen molar-refractivity contribution in [2.45, 2.75) is 30.8 Å². The summed E-state index contributed by atoms with van der Waals surface area (Å²) in [5.74, 6) is 0. The molecule has 19 heavy (non-hydrogen) atoms. The molecule has 0 aliphatic rings. The topological polar surface area (TPSA) is 92.4 Å². The average molecular weight is 416 g/mol. The lowest BCUT2D eigenvalue weighted by atomic mass is 10.2. The molecule has 1 aromatic carbocycles. The summed E-state index contributed by atoms with van der Waals surface area (Å²) in [6, 6.07) is 3.07. The number of hydrogen-bond acceptors (Lipinski definition) is 4. The maximum absolute atomic E-state index is 12.2. The SMILES string of the molecule is CC(O)CCCNS(=O)(=O)c1c(Br)cc(N)cc1Br. The second kappa shape index (κ2) is 7.03. The molecule has 0 aliphatic heterocycles. The van der Waals surface area contributed by atoms with Crippen LogP contribution in [0, 0.1) is 0 Å². The molecule has 1 unspecified atom stereocenters. The Labute approximate surface area is 129 Å². The molecule has 0 radical (unpaired) electrons. The third kappa shape index (κ3) is 5.03. The van der Waals surface area contributed by atoms with Crippen molar-refractivity contribution in [1.29, 1.82) is 0 Å². The zero-order valence-electron chi connectivity index (χ0n) is 10.4.